The summed E-state index contributed by atoms with van der Waals surface area (Å²) in [6, 6.07) is 0. The Morgan fingerprint density at radius 3 is 2.54 bits per heavy atom. The summed E-state index contributed by atoms with van der Waals surface area (Å²) in [5.41, 5.74) is 2.79. The molecule has 0 amide bonds. The van der Waals surface area contributed by atoms with Crippen LogP contribution in [0.5, 0.6) is 0 Å². The van der Waals surface area contributed by atoms with Crippen molar-refractivity contribution in [1.29, 1.82) is 0 Å². The van der Waals surface area contributed by atoms with Crippen LogP contribution in [0.1, 0.15) is 86.0 Å². The molecule has 0 N–H and O–H groups in total. The second-order valence-corrected chi connectivity index (χ2v) is 10.1. The fourth-order valence-corrected chi connectivity index (χ4v) is 7.85. The lowest BCUT2D eigenvalue weighted by Gasteiger charge is -2.58. The summed E-state index contributed by atoms with van der Waals surface area (Å²) in [5, 5.41) is 0. The zero-order valence-corrected chi connectivity index (χ0v) is 17.8. The van der Waals surface area contributed by atoms with Gasteiger partial charge in [-0.25, -0.2) is 0 Å². The van der Waals surface area contributed by atoms with Gasteiger partial charge in [-0.2, -0.15) is 0 Å². The SMILES string of the molecule is CC.CC1C=CC2(C)C(=CCC3C2CCC2(C)C3CCC23CCCO3)C1. The summed E-state index contributed by atoms with van der Waals surface area (Å²) >= 11 is 0. The van der Waals surface area contributed by atoms with Crippen molar-refractivity contribution < 1.29 is 4.74 Å². The normalized spacial score (nSPS) is 51.8. The Morgan fingerprint density at radius 2 is 1.81 bits per heavy atom. The zero-order chi connectivity index (χ0) is 18.6. The predicted octanol–water partition coefficient (Wildman–Crippen LogP) is 6.94. The first-order valence-corrected chi connectivity index (χ1v) is 11.5. The van der Waals surface area contributed by atoms with E-state index in [1.165, 1.54) is 51.4 Å². The highest BCUT2D eigenvalue weighted by Gasteiger charge is 2.64. The van der Waals surface area contributed by atoms with Gasteiger partial charge in [-0.15, -0.1) is 0 Å². The van der Waals surface area contributed by atoms with Crippen LogP contribution in [0.4, 0.5) is 0 Å². The van der Waals surface area contributed by atoms with Crippen molar-refractivity contribution in [3.63, 3.8) is 0 Å². The van der Waals surface area contributed by atoms with Gasteiger partial charge in [-0.1, -0.05) is 58.4 Å². The minimum absolute atomic E-state index is 0.241. The number of hydrogen-bond donors (Lipinski definition) is 0. The molecule has 5 rings (SSSR count). The van der Waals surface area contributed by atoms with Gasteiger partial charge in [0.1, 0.15) is 0 Å². The van der Waals surface area contributed by atoms with Crippen LogP contribution in [0.25, 0.3) is 0 Å². The molecule has 2 saturated carbocycles. The van der Waals surface area contributed by atoms with E-state index >= 15 is 0 Å². The molecule has 0 aromatic heterocycles. The Balaban J connectivity index is 0.000000814. The molecule has 4 aliphatic carbocycles. The maximum atomic E-state index is 6.47. The maximum Gasteiger partial charge on any atom is 0.0739 e. The van der Waals surface area contributed by atoms with Gasteiger partial charge in [0.25, 0.3) is 0 Å². The highest BCUT2D eigenvalue weighted by molar-refractivity contribution is 5.32. The van der Waals surface area contributed by atoms with Crippen molar-refractivity contribution in [2.75, 3.05) is 6.61 Å². The van der Waals surface area contributed by atoms with Crippen LogP contribution < -0.4 is 0 Å². The van der Waals surface area contributed by atoms with Gasteiger partial charge in [-0.3, -0.25) is 0 Å². The molecule has 146 valence electrons. The van der Waals surface area contributed by atoms with Crippen LogP contribution in [0.3, 0.4) is 0 Å². The van der Waals surface area contributed by atoms with Gasteiger partial charge in [0.15, 0.2) is 0 Å². The summed E-state index contributed by atoms with van der Waals surface area (Å²) in [7, 11) is 0. The first kappa shape index (κ1) is 18.8. The Kier molecular flexibility index (Phi) is 4.70. The number of fused-ring (bicyclic) bond motifs is 6. The number of allylic oxidation sites excluding steroid dienone is 4. The predicted molar refractivity (Wildman–Crippen MR) is 110 cm³/mol. The van der Waals surface area contributed by atoms with Crippen molar-refractivity contribution >= 4 is 0 Å². The Labute approximate surface area is 161 Å². The average molecular weight is 357 g/mol. The topological polar surface area (TPSA) is 9.23 Å². The summed E-state index contributed by atoms with van der Waals surface area (Å²) in [5.74, 6) is 3.38. The van der Waals surface area contributed by atoms with Gasteiger partial charge < -0.3 is 4.74 Å². The minimum Gasteiger partial charge on any atom is -0.374 e. The third-order valence-corrected chi connectivity index (χ3v) is 9.24. The van der Waals surface area contributed by atoms with Gasteiger partial charge in [-0.05, 0) is 80.5 Å². The quantitative estimate of drug-likeness (QED) is 0.427. The molecule has 7 atom stereocenters. The van der Waals surface area contributed by atoms with E-state index < -0.39 is 0 Å². The van der Waals surface area contributed by atoms with E-state index in [1.54, 1.807) is 5.57 Å². The zero-order valence-electron chi connectivity index (χ0n) is 17.8. The van der Waals surface area contributed by atoms with E-state index in [0.717, 1.165) is 30.3 Å². The van der Waals surface area contributed by atoms with E-state index in [4.69, 9.17) is 4.74 Å². The highest BCUT2D eigenvalue weighted by Crippen LogP contribution is 2.68. The molecule has 1 aliphatic heterocycles. The summed E-state index contributed by atoms with van der Waals surface area (Å²) in [4.78, 5) is 0. The molecule has 0 aromatic rings. The molecule has 1 nitrogen and oxygen atoms in total. The molecule has 0 aromatic carbocycles. The number of hydrogen-bond acceptors (Lipinski definition) is 1. The van der Waals surface area contributed by atoms with Crippen molar-refractivity contribution in [3.05, 3.63) is 23.8 Å². The molecule has 1 heterocycles. The molecule has 26 heavy (non-hydrogen) atoms. The average Bonchev–Trinajstić information content (AvgIpc) is 3.24. The molecule has 0 bridgehead atoms. The van der Waals surface area contributed by atoms with Crippen LogP contribution >= 0.6 is 0 Å². The molecular weight excluding hydrogens is 316 g/mol. The summed E-state index contributed by atoms with van der Waals surface area (Å²) in [6.07, 6.45) is 18.6. The second kappa shape index (κ2) is 6.50. The third-order valence-electron chi connectivity index (χ3n) is 9.24. The van der Waals surface area contributed by atoms with Crippen LogP contribution in [-0.4, -0.2) is 12.2 Å². The van der Waals surface area contributed by atoms with Gasteiger partial charge >= 0.3 is 0 Å². The van der Waals surface area contributed by atoms with E-state index in [1.807, 2.05) is 13.8 Å². The molecule has 1 spiro atoms. The molecule has 7 unspecified atom stereocenters. The third kappa shape index (κ3) is 2.38. The van der Waals surface area contributed by atoms with Gasteiger partial charge in [0, 0.05) is 12.0 Å². The first-order chi connectivity index (χ1) is 12.5. The fraction of sp³-hybridized carbons (Fsp3) is 0.840. The van der Waals surface area contributed by atoms with Crippen molar-refractivity contribution in [3.8, 4) is 0 Å². The Bertz CT molecular complexity index is 595. The molecule has 5 aliphatic rings. The summed E-state index contributed by atoms with van der Waals surface area (Å²) in [6.45, 7) is 12.5. The lowest BCUT2D eigenvalue weighted by Crippen LogP contribution is -2.53. The van der Waals surface area contributed by atoms with E-state index in [2.05, 4.69) is 39.0 Å². The van der Waals surface area contributed by atoms with Crippen molar-refractivity contribution in [1.82, 2.24) is 0 Å². The molecule has 3 fully saturated rings. The molecule has 0 radical (unpaired) electrons. The van der Waals surface area contributed by atoms with Gasteiger partial charge in [0.2, 0.25) is 0 Å². The second-order valence-electron chi connectivity index (χ2n) is 10.1. The monoisotopic (exact) mass is 356 g/mol. The van der Waals surface area contributed by atoms with Crippen molar-refractivity contribution in [2.24, 2.45) is 34.5 Å². The van der Waals surface area contributed by atoms with E-state index in [0.29, 0.717) is 10.8 Å². The van der Waals surface area contributed by atoms with Gasteiger partial charge in [0.05, 0.1) is 5.60 Å². The lowest BCUT2D eigenvalue weighted by molar-refractivity contribution is -0.127. The van der Waals surface area contributed by atoms with E-state index in [9.17, 15) is 0 Å². The first-order valence-electron chi connectivity index (χ1n) is 11.5. The van der Waals surface area contributed by atoms with E-state index in [-0.39, 0.29) is 5.60 Å². The van der Waals surface area contributed by atoms with Crippen LogP contribution in [0.15, 0.2) is 23.8 Å². The molecule has 1 saturated heterocycles. The largest absolute Gasteiger partial charge is 0.374 e. The lowest BCUT2D eigenvalue weighted by atomic mass is 9.47. The highest BCUT2D eigenvalue weighted by atomic mass is 16.5. The smallest absolute Gasteiger partial charge is 0.0739 e. The van der Waals surface area contributed by atoms with Crippen molar-refractivity contribution in [2.45, 2.75) is 91.6 Å². The number of ether oxygens (including phenoxy) is 1. The Morgan fingerprint density at radius 1 is 1.04 bits per heavy atom. The fourth-order valence-electron chi connectivity index (χ4n) is 7.85. The number of rotatable bonds is 0. The minimum atomic E-state index is 0.241. The van der Waals surface area contributed by atoms with Crippen LogP contribution in [0, 0.1) is 34.5 Å². The Hall–Kier alpha value is -0.560. The van der Waals surface area contributed by atoms with Crippen LogP contribution in [0.2, 0.25) is 0 Å². The maximum absolute atomic E-state index is 6.47. The summed E-state index contributed by atoms with van der Waals surface area (Å²) < 4.78 is 6.47. The standard InChI is InChI=1S/C23H34O.C2H6/c1-16-7-11-21(2)17(15-16)5-6-18-19(21)8-12-22(3)20(18)9-13-23(22)10-4-14-24-23;1-2/h5,7,11,16,18-20H,4,6,8-10,12-15H2,1-3H3;1-2H3. The molecule has 1 heteroatoms. The van der Waals surface area contributed by atoms with Crippen LogP contribution in [-0.2, 0) is 4.74 Å². The molecular formula is C25H40O.